The van der Waals surface area contributed by atoms with Gasteiger partial charge in [0.05, 0.1) is 22.1 Å². The average molecular weight is 288 g/mol. The first kappa shape index (κ1) is 15.3. The number of nitrogens with two attached hydrogens (primary N) is 1. The molecule has 1 aliphatic carbocycles. The standard InChI is InChI=1S/C15H20N4O2/c1-11-4-2-3-7-15(11,10-17)18-13-6-5-12(9-16)8-14(13)19(20)21/h5-6,8,11,18H,2-4,7,10,17H2,1H3. The van der Waals surface area contributed by atoms with Gasteiger partial charge in [-0.3, -0.25) is 10.1 Å². The van der Waals surface area contributed by atoms with E-state index < -0.39 is 4.92 Å². The average Bonchev–Trinajstić information content (AvgIpc) is 2.49. The molecule has 6 heteroatoms. The van der Waals surface area contributed by atoms with Gasteiger partial charge in [0.2, 0.25) is 0 Å². The summed E-state index contributed by atoms with van der Waals surface area (Å²) in [6.45, 7) is 2.57. The molecule has 0 aliphatic heterocycles. The Morgan fingerprint density at radius 3 is 2.90 bits per heavy atom. The molecule has 1 fully saturated rings. The maximum Gasteiger partial charge on any atom is 0.293 e. The smallest absolute Gasteiger partial charge is 0.293 e. The quantitative estimate of drug-likeness (QED) is 0.654. The number of hydrogen-bond acceptors (Lipinski definition) is 5. The van der Waals surface area contributed by atoms with E-state index in [0.29, 0.717) is 18.2 Å². The van der Waals surface area contributed by atoms with Crippen molar-refractivity contribution in [3.05, 3.63) is 33.9 Å². The molecular formula is C15H20N4O2. The van der Waals surface area contributed by atoms with E-state index in [2.05, 4.69) is 12.2 Å². The van der Waals surface area contributed by atoms with Crippen LogP contribution < -0.4 is 11.1 Å². The summed E-state index contributed by atoms with van der Waals surface area (Å²) in [7, 11) is 0. The molecule has 1 saturated carbocycles. The molecule has 2 rings (SSSR count). The van der Waals surface area contributed by atoms with Crippen molar-refractivity contribution in [2.45, 2.75) is 38.1 Å². The van der Waals surface area contributed by atoms with Gasteiger partial charge in [0.25, 0.3) is 5.69 Å². The second kappa shape index (κ2) is 6.10. The summed E-state index contributed by atoms with van der Waals surface area (Å²) in [5.74, 6) is 0.353. The molecule has 0 radical (unpaired) electrons. The third-order valence-corrected chi connectivity index (χ3v) is 4.52. The van der Waals surface area contributed by atoms with Crippen molar-refractivity contribution in [1.29, 1.82) is 5.26 Å². The molecule has 0 spiro atoms. The predicted molar refractivity (Wildman–Crippen MR) is 80.9 cm³/mol. The van der Waals surface area contributed by atoms with Crippen molar-refractivity contribution >= 4 is 11.4 Å². The summed E-state index contributed by atoms with van der Waals surface area (Å²) >= 11 is 0. The van der Waals surface area contributed by atoms with Crippen LogP contribution in [0.25, 0.3) is 0 Å². The molecule has 0 heterocycles. The van der Waals surface area contributed by atoms with E-state index in [1.807, 2.05) is 6.07 Å². The summed E-state index contributed by atoms with van der Waals surface area (Å²) in [5.41, 5.74) is 6.32. The zero-order valence-electron chi connectivity index (χ0n) is 12.1. The van der Waals surface area contributed by atoms with Crippen LogP contribution in [0.3, 0.4) is 0 Å². The number of nitriles is 1. The van der Waals surface area contributed by atoms with Crippen LogP contribution in [0.2, 0.25) is 0 Å². The number of hydrogen-bond donors (Lipinski definition) is 2. The van der Waals surface area contributed by atoms with Gasteiger partial charge in [0.15, 0.2) is 0 Å². The Kier molecular flexibility index (Phi) is 4.43. The van der Waals surface area contributed by atoms with Crippen LogP contribution in [-0.4, -0.2) is 17.0 Å². The summed E-state index contributed by atoms with van der Waals surface area (Å²) in [5, 5.41) is 23.4. The lowest BCUT2D eigenvalue weighted by atomic mass is 9.73. The Hall–Kier alpha value is -2.13. The van der Waals surface area contributed by atoms with Crippen LogP contribution >= 0.6 is 0 Å². The highest BCUT2D eigenvalue weighted by Crippen LogP contribution is 2.38. The zero-order chi connectivity index (χ0) is 15.5. The molecule has 0 amide bonds. The summed E-state index contributed by atoms with van der Waals surface area (Å²) in [4.78, 5) is 10.8. The molecule has 2 unspecified atom stereocenters. The lowest BCUT2D eigenvalue weighted by Crippen LogP contribution is -2.52. The minimum atomic E-state index is -0.457. The fourth-order valence-electron chi connectivity index (χ4n) is 3.08. The Labute approximate surface area is 124 Å². The summed E-state index contributed by atoms with van der Waals surface area (Å²) < 4.78 is 0. The van der Waals surface area contributed by atoms with Gasteiger partial charge in [0.1, 0.15) is 5.69 Å². The first-order chi connectivity index (χ1) is 10.0. The molecule has 1 aromatic rings. The van der Waals surface area contributed by atoms with Crippen molar-refractivity contribution < 1.29 is 4.92 Å². The fraction of sp³-hybridized carbons (Fsp3) is 0.533. The fourth-order valence-corrected chi connectivity index (χ4v) is 3.08. The minimum absolute atomic E-state index is 0.0698. The van der Waals surface area contributed by atoms with Gasteiger partial charge in [-0.05, 0) is 30.9 Å². The van der Waals surface area contributed by atoms with Gasteiger partial charge in [-0.2, -0.15) is 5.26 Å². The van der Waals surface area contributed by atoms with E-state index in [-0.39, 0.29) is 16.8 Å². The highest BCUT2D eigenvalue weighted by molar-refractivity contribution is 5.65. The lowest BCUT2D eigenvalue weighted by molar-refractivity contribution is -0.384. The first-order valence-electron chi connectivity index (χ1n) is 7.19. The van der Waals surface area contributed by atoms with Crippen molar-refractivity contribution in [2.24, 2.45) is 11.7 Å². The molecule has 0 aromatic heterocycles. The highest BCUT2D eigenvalue weighted by atomic mass is 16.6. The number of rotatable bonds is 4. The number of benzene rings is 1. The van der Waals surface area contributed by atoms with Crippen molar-refractivity contribution in [3.8, 4) is 6.07 Å². The minimum Gasteiger partial charge on any atom is -0.373 e. The molecule has 0 bridgehead atoms. The van der Waals surface area contributed by atoms with Gasteiger partial charge in [0, 0.05) is 12.6 Å². The van der Waals surface area contributed by atoms with Crippen molar-refractivity contribution in [2.75, 3.05) is 11.9 Å². The van der Waals surface area contributed by atoms with Crippen LogP contribution in [0.1, 0.15) is 38.2 Å². The van der Waals surface area contributed by atoms with Crippen LogP contribution in [0, 0.1) is 27.4 Å². The van der Waals surface area contributed by atoms with Crippen LogP contribution in [0.15, 0.2) is 18.2 Å². The molecule has 1 aliphatic rings. The van der Waals surface area contributed by atoms with Crippen molar-refractivity contribution in [3.63, 3.8) is 0 Å². The molecule has 21 heavy (non-hydrogen) atoms. The maximum atomic E-state index is 11.2. The number of nitro groups is 1. The first-order valence-corrected chi connectivity index (χ1v) is 7.19. The Balaban J connectivity index is 2.37. The molecule has 6 nitrogen and oxygen atoms in total. The highest BCUT2D eigenvalue weighted by Gasteiger charge is 2.38. The Morgan fingerprint density at radius 2 is 2.33 bits per heavy atom. The van der Waals surface area contributed by atoms with E-state index in [0.717, 1.165) is 19.3 Å². The van der Waals surface area contributed by atoms with Crippen LogP contribution in [0.5, 0.6) is 0 Å². The lowest BCUT2D eigenvalue weighted by Gasteiger charge is -2.43. The summed E-state index contributed by atoms with van der Waals surface area (Å²) in [6.07, 6.45) is 4.20. The molecular weight excluding hydrogens is 268 g/mol. The second-order valence-corrected chi connectivity index (χ2v) is 5.73. The third-order valence-electron chi connectivity index (χ3n) is 4.52. The molecule has 3 N–H and O–H groups in total. The van der Waals surface area contributed by atoms with Gasteiger partial charge >= 0.3 is 0 Å². The maximum absolute atomic E-state index is 11.2. The third kappa shape index (κ3) is 2.98. The number of nitro benzene ring substituents is 1. The van der Waals surface area contributed by atoms with Gasteiger partial charge < -0.3 is 11.1 Å². The molecule has 1 aromatic carbocycles. The SMILES string of the molecule is CC1CCCCC1(CN)Nc1ccc(C#N)cc1[N+](=O)[O-]. The van der Waals surface area contributed by atoms with E-state index in [4.69, 9.17) is 11.0 Å². The normalized spacial score (nSPS) is 25.1. The van der Waals surface area contributed by atoms with E-state index in [1.54, 1.807) is 12.1 Å². The van der Waals surface area contributed by atoms with E-state index >= 15 is 0 Å². The Morgan fingerprint density at radius 1 is 1.57 bits per heavy atom. The van der Waals surface area contributed by atoms with E-state index in [1.165, 1.54) is 12.5 Å². The Bertz CT molecular complexity index is 582. The van der Waals surface area contributed by atoms with Gasteiger partial charge in [-0.1, -0.05) is 19.8 Å². The largest absolute Gasteiger partial charge is 0.373 e. The van der Waals surface area contributed by atoms with Crippen LogP contribution in [0.4, 0.5) is 11.4 Å². The monoisotopic (exact) mass is 288 g/mol. The molecule has 0 saturated heterocycles. The second-order valence-electron chi connectivity index (χ2n) is 5.73. The zero-order valence-corrected chi connectivity index (χ0v) is 12.1. The van der Waals surface area contributed by atoms with E-state index in [9.17, 15) is 10.1 Å². The van der Waals surface area contributed by atoms with Gasteiger partial charge in [-0.25, -0.2) is 0 Å². The molecule has 2 atom stereocenters. The summed E-state index contributed by atoms with van der Waals surface area (Å²) in [6, 6.07) is 6.43. The van der Waals surface area contributed by atoms with Crippen molar-refractivity contribution in [1.82, 2.24) is 0 Å². The predicted octanol–water partition coefficient (Wildman–Crippen LogP) is 2.79. The number of nitrogens with one attached hydrogen (secondary N) is 1. The topological polar surface area (TPSA) is 105 Å². The van der Waals surface area contributed by atoms with Crippen LogP contribution in [-0.2, 0) is 0 Å². The number of nitrogens with zero attached hydrogens (tertiary/aromatic N) is 2. The van der Waals surface area contributed by atoms with Gasteiger partial charge in [-0.15, -0.1) is 0 Å². The molecule has 112 valence electrons. The number of anilines is 1.